The van der Waals surface area contributed by atoms with E-state index in [0.717, 1.165) is 83.4 Å². The minimum atomic E-state index is 0.520. The van der Waals surface area contributed by atoms with Crippen molar-refractivity contribution in [3.05, 3.63) is 224 Å². The van der Waals surface area contributed by atoms with Crippen LogP contribution in [0.4, 0.5) is 5.69 Å². The summed E-state index contributed by atoms with van der Waals surface area (Å²) >= 11 is 0. The number of aromatic nitrogens is 6. The summed E-state index contributed by atoms with van der Waals surface area (Å²) in [4.78, 5) is 29.6. The van der Waals surface area contributed by atoms with Gasteiger partial charge in [-0.3, -0.25) is 0 Å². The number of benzene rings is 8. The largest absolute Gasteiger partial charge is 0.308 e. The molecule has 63 heavy (non-hydrogen) atoms. The molecule has 0 aliphatic rings. The molecule has 7 nitrogen and oxygen atoms in total. The van der Waals surface area contributed by atoms with Crippen LogP contribution in [-0.2, 0) is 0 Å². The van der Waals surface area contributed by atoms with Crippen LogP contribution >= 0.6 is 0 Å². The van der Waals surface area contributed by atoms with Crippen molar-refractivity contribution in [1.82, 2.24) is 29.5 Å². The van der Waals surface area contributed by atoms with Gasteiger partial charge in [-0.1, -0.05) is 176 Å². The van der Waals surface area contributed by atoms with Crippen molar-refractivity contribution in [2.24, 2.45) is 0 Å². The molecule has 0 saturated carbocycles. The topological polar surface area (TPSA) is 73.7 Å². The molecule has 0 amide bonds. The molecule has 11 rings (SSSR count). The van der Waals surface area contributed by atoms with Crippen LogP contribution in [0.25, 0.3) is 112 Å². The molecule has 0 atom stereocenters. The van der Waals surface area contributed by atoms with Gasteiger partial charge in [0.2, 0.25) is 0 Å². The Bertz CT molecular complexity index is 3390. The number of hydrogen-bond donors (Lipinski definition) is 0. The van der Waals surface area contributed by atoms with E-state index in [0.29, 0.717) is 29.0 Å². The molecular weight excluding hydrogens is 771 g/mol. The van der Waals surface area contributed by atoms with Crippen LogP contribution in [0.3, 0.4) is 0 Å². The Hall–Kier alpha value is -8.86. The highest BCUT2D eigenvalue weighted by atomic mass is 15.1. The summed E-state index contributed by atoms with van der Waals surface area (Å²) in [5, 5.41) is 2.22. The van der Waals surface area contributed by atoms with E-state index in [1.54, 1.807) is 0 Å². The molecule has 0 spiro atoms. The van der Waals surface area contributed by atoms with Crippen LogP contribution in [0.15, 0.2) is 212 Å². The zero-order chi connectivity index (χ0) is 42.1. The van der Waals surface area contributed by atoms with Gasteiger partial charge in [0.1, 0.15) is 0 Å². The van der Waals surface area contributed by atoms with Crippen molar-refractivity contribution >= 4 is 27.5 Å². The Morgan fingerprint density at radius 3 is 1.46 bits per heavy atom. The van der Waals surface area contributed by atoms with Crippen molar-refractivity contribution in [3.63, 3.8) is 0 Å². The van der Waals surface area contributed by atoms with E-state index in [1.807, 2.05) is 127 Å². The van der Waals surface area contributed by atoms with Crippen molar-refractivity contribution in [1.29, 1.82) is 0 Å². The Morgan fingerprint density at radius 1 is 0.333 bits per heavy atom. The first-order chi connectivity index (χ1) is 31.2. The van der Waals surface area contributed by atoms with Crippen LogP contribution in [0.2, 0.25) is 0 Å². The Morgan fingerprint density at radius 2 is 0.825 bits per heavy atom. The molecule has 0 N–H and O–H groups in total. The fourth-order valence-electron chi connectivity index (χ4n) is 8.23. The number of nitrogens with zero attached hydrogens (tertiary/aromatic N) is 7. The van der Waals surface area contributed by atoms with E-state index in [1.165, 1.54) is 0 Å². The molecule has 11 aromatic rings. The second kappa shape index (κ2) is 16.0. The molecule has 8 aromatic carbocycles. The Kier molecular flexibility index (Phi) is 9.41. The lowest BCUT2D eigenvalue weighted by molar-refractivity contribution is 1.06. The molecule has 0 aliphatic carbocycles. The average Bonchev–Trinajstić information content (AvgIpc) is 3.70. The van der Waals surface area contributed by atoms with E-state index < -0.39 is 0 Å². The Labute approximate surface area is 364 Å². The van der Waals surface area contributed by atoms with Gasteiger partial charge < -0.3 is 4.57 Å². The van der Waals surface area contributed by atoms with Gasteiger partial charge in [-0.2, -0.15) is 0 Å². The molecule has 7 heteroatoms. The minimum absolute atomic E-state index is 0.520. The third kappa shape index (κ3) is 7.08. The third-order valence-electron chi connectivity index (χ3n) is 11.3. The number of hydrogen-bond acceptors (Lipinski definition) is 5. The molecule has 0 aliphatic heterocycles. The van der Waals surface area contributed by atoms with Crippen LogP contribution < -0.4 is 0 Å². The predicted molar refractivity (Wildman–Crippen MR) is 254 cm³/mol. The second-order valence-electron chi connectivity index (χ2n) is 15.2. The standard InChI is InChI=1S/C56H35N7/c1-57-44-26-16-25-41(33-44)42-29-31-46-45-27-14-15-28-50(45)63(52(46)35-42)51-32-30-43(49-36-48(37-17-6-2-7-18-37)58-53(59-49)38-19-8-3-9-20-38)34-47(51)56-61-54(39-21-10-4-11-22-39)60-55(62-56)40-23-12-5-13-24-40/h2-36H. The Balaban J connectivity index is 1.21. The highest BCUT2D eigenvalue weighted by molar-refractivity contribution is 6.10. The molecule has 0 fully saturated rings. The van der Waals surface area contributed by atoms with E-state index in [-0.39, 0.29) is 0 Å². The lowest BCUT2D eigenvalue weighted by Gasteiger charge is -2.17. The van der Waals surface area contributed by atoms with Gasteiger partial charge in [0.25, 0.3) is 0 Å². The molecule has 3 aromatic heterocycles. The van der Waals surface area contributed by atoms with Crippen molar-refractivity contribution in [3.8, 4) is 84.9 Å². The number of rotatable bonds is 8. The maximum atomic E-state index is 7.69. The highest BCUT2D eigenvalue weighted by Gasteiger charge is 2.22. The third-order valence-corrected chi connectivity index (χ3v) is 11.3. The molecule has 294 valence electrons. The lowest BCUT2D eigenvalue weighted by Crippen LogP contribution is -2.04. The molecule has 0 unspecified atom stereocenters. The summed E-state index contributed by atoms with van der Waals surface area (Å²) in [7, 11) is 0. The average molecular weight is 806 g/mol. The molecular formula is C56H35N7. The van der Waals surface area contributed by atoms with Crippen molar-refractivity contribution < 1.29 is 0 Å². The first kappa shape index (κ1) is 37.2. The zero-order valence-electron chi connectivity index (χ0n) is 33.8. The minimum Gasteiger partial charge on any atom is -0.308 e. The fourth-order valence-corrected chi connectivity index (χ4v) is 8.23. The van der Waals surface area contributed by atoms with Gasteiger partial charge in [-0.05, 0) is 47.5 Å². The van der Waals surface area contributed by atoms with Gasteiger partial charge in [-0.25, -0.2) is 29.8 Å². The first-order valence-electron chi connectivity index (χ1n) is 20.7. The van der Waals surface area contributed by atoms with E-state index in [4.69, 9.17) is 31.5 Å². The van der Waals surface area contributed by atoms with E-state index >= 15 is 0 Å². The van der Waals surface area contributed by atoms with Crippen LogP contribution in [0.1, 0.15) is 0 Å². The van der Waals surface area contributed by atoms with Crippen LogP contribution in [0.5, 0.6) is 0 Å². The molecule has 0 saturated heterocycles. The fraction of sp³-hybridized carbons (Fsp3) is 0. The first-order valence-corrected chi connectivity index (χ1v) is 20.7. The van der Waals surface area contributed by atoms with Crippen LogP contribution in [-0.4, -0.2) is 29.5 Å². The maximum absolute atomic E-state index is 7.69. The summed E-state index contributed by atoms with van der Waals surface area (Å²) in [6, 6.07) is 71.7. The van der Waals surface area contributed by atoms with E-state index in [9.17, 15) is 0 Å². The zero-order valence-corrected chi connectivity index (χ0v) is 33.8. The smallest absolute Gasteiger partial charge is 0.187 e. The van der Waals surface area contributed by atoms with Gasteiger partial charge in [-0.15, -0.1) is 0 Å². The van der Waals surface area contributed by atoms with Crippen LogP contribution in [0, 0.1) is 6.57 Å². The normalized spacial score (nSPS) is 11.2. The van der Waals surface area contributed by atoms with E-state index in [2.05, 4.69) is 94.3 Å². The molecule has 0 bridgehead atoms. The maximum Gasteiger partial charge on any atom is 0.187 e. The summed E-state index contributed by atoms with van der Waals surface area (Å²) < 4.78 is 2.31. The molecule has 3 heterocycles. The highest BCUT2D eigenvalue weighted by Crippen LogP contribution is 2.40. The number of para-hydroxylation sites is 1. The monoisotopic (exact) mass is 805 g/mol. The summed E-state index contributed by atoms with van der Waals surface area (Å²) in [6.45, 7) is 7.69. The van der Waals surface area contributed by atoms with Crippen molar-refractivity contribution in [2.45, 2.75) is 0 Å². The van der Waals surface area contributed by atoms with Gasteiger partial charge in [0.15, 0.2) is 29.0 Å². The van der Waals surface area contributed by atoms with Crippen molar-refractivity contribution in [2.75, 3.05) is 0 Å². The summed E-state index contributed by atoms with van der Waals surface area (Å²) in [5.41, 5.74) is 12.5. The molecule has 0 radical (unpaired) electrons. The van der Waals surface area contributed by atoms with Gasteiger partial charge in [0, 0.05) is 44.2 Å². The second-order valence-corrected chi connectivity index (χ2v) is 15.2. The quantitative estimate of drug-likeness (QED) is 0.143. The summed E-state index contributed by atoms with van der Waals surface area (Å²) in [6.07, 6.45) is 0. The predicted octanol–water partition coefficient (Wildman–Crippen LogP) is 14.0. The lowest BCUT2D eigenvalue weighted by atomic mass is 10.0. The SMILES string of the molecule is [C-]#[N+]c1cccc(-c2ccc3c4ccccc4n(-c4ccc(-c5cc(-c6ccccc6)nc(-c6ccccc6)n5)cc4-c4nc(-c5ccccc5)nc(-c5ccccc5)n4)c3c2)c1. The number of fused-ring (bicyclic) bond motifs is 3. The van der Waals surface area contributed by atoms with Gasteiger partial charge in [0.05, 0.1) is 34.7 Å². The van der Waals surface area contributed by atoms with Gasteiger partial charge >= 0.3 is 0 Å². The summed E-state index contributed by atoms with van der Waals surface area (Å²) in [5.74, 6) is 2.29.